The minimum Gasteiger partial charge on any atom is -0.505 e. The molecule has 0 aliphatic rings. The lowest BCUT2D eigenvalue weighted by Crippen LogP contribution is -2.28. The summed E-state index contributed by atoms with van der Waals surface area (Å²) in [4.78, 5) is 11.3. The van der Waals surface area contributed by atoms with Gasteiger partial charge in [-0.3, -0.25) is 4.79 Å². The number of amides is 1. The molecule has 0 aromatic heterocycles. The van der Waals surface area contributed by atoms with Crippen molar-refractivity contribution < 1.29 is 18.7 Å². The van der Waals surface area contributed by atoms with Crippen LogP contribution in [-0.4, -0.2) is 24.0 Å². The molecule has 0 radical (unpaired) electrons. The molecule has 82 valence electrons. The largest absolute Gasteiger partial charge is 0.505 e. The van der Waals surface area contributed by atoms with Crippen molar-refractivity contribution >= 4 is 11.6 Å². The molecule has 1 aromatic carbocycles. The van der Waals surface area contributed by atoms with Gasteiger partial charge in [-0.15, -0.1) is 0 Å². The van der Waals surface area contributed by atoms with Crippen molar-refractivity contribution in [2.24, 2.45) is 0 Å². The van der Waals surface area contributed by atoms with Gasteiger partial charge < -0.3 is 16.2 Å². The number of alkyl halides is 2. The number of benzene rings is 1. The lowest BCUT2D eigenvalue weighted by Gasteiger charge is -2.07. The van der Waals surface area contributed by atoms with E-state index in [9.17, 15) is 18.7 Å². The summed E-state index contributed by atoms with van der Waals surface area (Å²) in [6, 6.07) is 4.15. The maximum atomic E-state index is 11.8. The second kappa shape index (κ2) is 4.59. The van der Waals surface area contributed by atoms with Crippen molar-refractivity contribution in [2.75, 3.05) is 12.3 Å². The van der Waals surface area contributed by atoms with Crippen LogP contribution in [-0.2, 0) is 0 Å². The Bertz CT molecular complexity index is 369. The smallest absolute Gasteiger partial charge is 0.255 e. The standard InChI is InChI=1S/C9H10F2N2O2/c10-7(11)4-13-9(15)5-2-1-3-6(12)8(5)14/h1-3,7,14H,4,12H2,(H,13,15). The number of carbonyl (C=O) groups is 1. The molecule has 1 aromatic rings. The van der Waals surface area contributed by atoms with Gasteiger partial charge in [0, 0.05) is 0 Å². The molecule has 0 atom stereocenters. The van der Waals surface area contributed by atoms with Crippen LogP contribution in [0.1, 0.15) is 10.4 Å². The zero-order valence-corrected chi connectivity index (χ0v) is 7.71. The van der Waals surface area contributed by atoms with Crippen molar-refractivity contribution in [2.45, 2.75) is 6.43 Å². The maximum Gasteiger partial charge on any atom is 0.255 e. The van der Waals surface area contributed by atoms with E-state index in [0.717, 1.165) is 0 Å². The lowest BCUT2D eigenvalue weighted by molar-refractivity contribution is 0.0889. The minimum atomic E-state index is -2.63. The van der Waals surface area contributed by atoms with E-state index in [1.807, 2.05) is 5.32 Å². The van der Waals surface area contributed by atoms with Crippen LogP contribution in [0.15, 0.2) is 18.2 Å². The molecule has 0 fully saturated rings. The normalized spacial score (nSPS) is 10.3. The fraction of sp³-hybridized carbons (Fsp3) is 0.222. The quantitative estimate of drug-likeness (QED) is 0.520. The second-order valence-electron chi connectivity index (χ2n) is 2.84. The number of nitrogens with two attached hydrogens (primary N) is 1. The average molecular weight is 216 g/mol. The first kappa shape index (κ1) is 11.2. The van der Waals surface area contributed by atoms with Gasteiger partial charge in [-0.1, -0.05) is 6.07 Å². The number of para-hydroxylation sites is 1. The molecule has 1 amide bonds. The highest BCUT2D eigenvalue weighted by Crippen LogP contribution is 2.23. The third kappa shape index (κ3) is 2.80. The Labute approximate surface area is 84.7 Å². The Morgan fingerprint density at radius 3 is 2.80 bits per heavy atom. The molecular formula is C9H10F2N2O2. The van der Waals surface area contributed by atoms with E-state index in [0.29, 0.717) is 0 Å². The third-order valence-corrected chi connectivity index (χ3v) is 1.73. The van der Waals surface area contributed by atoms with Gasteiger partial charge in [-0.25, -0.2) is 8.78 Å². The summed E-state index contributed by atoms with van der Waals surface area (Å²) in [5.74, 6) is -1.18. The van der Waals surface area contributed by atoms with Gasteiger partial charge >= 0.3 is 0 Å². The Balaban J connectivity index is 2.78. The first-order valence-electron chi connectivity index (χ1n) is 4.16. The SMILES string of the molecule is Nc1cccc(C(=O)NCC(F)F)c1O. The molecule has 4 nitrogen and oxygen atoms in total. The van der Waals surface area contributed by atoms with Crippen LogP contribution < -0.4 is 11.1 Å². The molecule has 0 spiro atoms. The molecule has 0 saturated carbocycles. The van der Waals surface area contributed by atoms with E-state index in [-0.39, 0.29) is 11.3 Å². The molecule has 4 N–H and O–H groups in total. The van der Waals surface area contributed by atoms with Crippen LogP contribution in [0.2, 0.25) is 0 Å². The van der Waals surface area contributed by atoms with E-state index in [1.165, 1.54) is 18.2 Å². The molecule has 0 bridgehead atoms. The Kier molecular flexibility index (Phi) is 3.43. The summed E-state index contributed by atoms with van der Waals surface area (Å²) in [7, 11) is 0. The second-order valence-corrected chi connectivity index (χ2v) is 2.84. The molecular weight excluding hydrogens is 206 g/mol. The van der Waals surface area contributed by atoms with E-state index < -0.39 is 24.6 Å². The van der Waals surface area contributed by atoms with E-state index >= 15 is 0 Å². The zero-order valence-electron chi connectivity index (χ0n) is 7.71. The topological polar surface area (TPSA) is 75.4 Å². The van der Waals surface area contributed by atoms with Crippen molar-refractivity contribution in [3.8, 4) is 5.75 Å². The average Bonchev–Trinajstić information content (AvgIpc) is 2.18. The molecule has 15 heavy (non-hydrogen) atoms. The number of phenols is 1. The summed E-state index contributed by atoms with van der Waals surface area (Å²) < 4.78 is 23.6. The molecule has 1 rings (SSSR count). The van der Waals surface area contributed by atoms with E-state index in [4.69, 9.17) is 5.73 Å². The van der Waals surface area contributed by atoms with Gasteiger partial charge in [0.2, 0.25) is 0 Å². The number of carbonyl (C=O) groups excluding carboxylic acids is 1. The molecule has 0 heterocycles. The number of hydrogen-bond donors (Lipinski definition) is 3. The van der Waals surface area contributed by atoms with E-state index in [2.05, 4.69) is 0 Å². The van der Waals surface area contributed by atoms with Gasteiger partial charge in [0.25, 0.3) is 12.3 Å². The first-order valence-corrected chi connectivity index (χ1v) is 4.16. The third-order valence-electron chi connectivity index (χ3n) is 1.73. The van der Waals surface area contributed by atoms with Crippen molar-refractivity contribution in [1.82, 2.24) is 5.32 Å². The fourth-order valence-corrected chi connectivity index (χ4v) is 1.01. The zero-order chi connectivity index (χ0) is 11.4. The summed E-state index contributed by atoms with van der Waals surface area (Å²) in [5, 5.41) is 11.3. The number of nitrogens with one attached hydrogen (secondary N) is 1. The highest BCUT2D eigenvalue weighted by atomic mass is 19.3. The van der Waals surface area contributed by atoms with Crippen molar-refractivity contribution in [3.05, 3.63) is 23.8 Å². The number of phenolic OH excluding ortho intramolecular Hbond substituents is 1. The predicted octanol–water partition coefficient (Wildman–Crippen LogP) is 0.969. The van der Waals surface area contributed by atoms with Crippen LogP contribution in [0.4, 0.5) is 14.5 Å². The number of halogens is 2. The Hall–Kier alpha value is -1.85. The maximum absolute atomic E-state index is 11.8. The number of rotatable bonds is 3. The predicted molar refractivity (Wildman–Crippen MR) is 50.9 cm³/mol. The summed E-state index contributed by atoms with van der Waals surface area (Å²) in [6.07, 6.45) is -2.63. The monoisotopic (exact) mass is 216 g/mol. The van der Waals surface area contributed by atoms with Crippen LogP contribution in [0.3, 0.4) is 0 Å². The molecule has 0 unspecified atom stereocenters. The molecule has 0 aliphatic carbocycles. The van der Waals surface area contributed by atoms with Crippen LogP contribution in [0.5, 0.6) is 5.75 Å². The Morgan fingerprint density at radius 1 is 1.53 bits per heavy atom. The van der Waals surface area contributed by atoms with Crippen molar-refractivity contribution in [3.63, 3.8) is 0 Å². The number of hydrogen-bond acceptors (Lipinski definition) is 3. The van der Waals surface area contributed by atoms with E-state index in [1.54, 1.807) is 0 Å². The van der Waals surface area contributed by atoms with Gasteiger partial charge in [0.15, 0.2) is 5.75 Å². The highest BCUT2D eigenvalue weighted by molar-refractivity contribution is 5.98. The summed E-state index contributed by atoms with van der Waals surface area (Å²) in [5.41, 5.74) is 5.25. The van der Waals surface area contributed by atoms with Gasteiger partial charge in [0.1, 0.15) is 0 Å². The number of aromatic hydroxyl groups is 1. The minimum absolute atomic E-state index is 0.0275. The fourth-order valence-electron chi connectivity index (χ4n) is 1.01. The van der Waals surface area contributed by atoms with Crippen LogP contribution in [0, 0.1) is 0 Å². The van der Waals surface area contributed by atoms with Gasteiger partial charge in [-0.05, 0) is 12.1 Å². The van der Waals surface area contributed by atoms with Gasteiger partial charge in [0.05, 0.1) is 17.8 Å². The Morgan fingerprint density at radius 2 is 2.20 bits per heavy atom. The van der Waals surface area contributed by atoms with Crippen LogP contribution in [0.25, 0.3) is 0 Å². The van der Waals surface area contributed by atoms with Gasteiger partial charge in [-0.2, -0.15) is 0 Å². The number of anilines is 1. The lowest BCUT2D eigenvalue weighted by atomic mass is 10.1. The van der Waals surface area contributed by atoms with Crippen LogP contribution >= 0.6 is 0 Å². The molecule has 0 aliphatic heterocycles. The number of nitrogen functional groups attached to an aromatic ring is 1. The molecule has 6 heteroatoms. The first-order chi connectivity index (χ1) is 7.02. The summed E-state index contributed by atoms with van der Waals surface area (Å²) >= 11 is 0. The van der Waals surface area contributed by atoms with Crippen molar-refractivity contribution in [1.29, 1.82) is 0 Å². The summed E-state index contributed by atoms with van der Waals surface area (Å²) in [6.45, 7) is -0.757. The molecule has 0 saturated heterocycles. The highest BCUT2D eigenvalue weighted by Gasteiger charge is 2.13.